The summed E-state index contributed by atoms with van der Waals surface area (Å²) in [6.07, 6.45) is -0.574. The Morgan fingerprint density at radius 2 is 1.82 bits per heavy atom. The van der Waals surface area contributed by atoms with Crippen LogP contribution in [0.15, 0.2) is 18.2 Å². The van der Waals surface area contributed by atoms with Crippen LogP contribution >= 0.6 is 0 Å². The molecule has 2 amide bonds. The number of ether oxygens (including phenoxy) is 1. The molecular formula is C21H34N4O3. The van der Waals surface area contributed by atoms with Gasteiger partial charge in [0.2, 0.25) is 5.91 Å². The van der Waals surface area contributed by atoms with E-state index in [2.05, 4.69) is 33.4 Å². The largest absolute Gasteiger partial charge is 0.450 e. The Hall–Kier alpha value is -2.28. The zero-order valence-electron chi connectivity index (χ0n) is 17.7. The second-order valence-corrected chi connectivity index (χ2v) is 7.50. The van der Waals surface area contributed by atoms with Gasteiger partial charge >= 0.3 is 6.09 Å². The smallest absolute Gasteiger partial charge is 0.407 e. The van der Waals surface area contributed by atoms with Crippen LogP contribution < -0.4 is 15.5 Å². The first-order valence-corrected chi connectivity index (χ1v) is 10.2. The predicted octanol–water partition coefficient (Wildman–Crippen LogP) is 2.85. The van der Waals surface area contributed by atoms with Crippen LogP contribution in [0.2, 0.25) is 0 Å². The van der Waals surface area contributed by atoms with Crippen LogP contribution in [0.4, 0.5) is 16.2 Å². The van der Waals surface area contributed by atoms with Gasteiger partial charge in [-0.15, -0.1) is 0 Å². The van der Waals surface area contributed by atoms with Gasteiger partial charge in [-0.25, -0.2) is 4.79 Å². The molecule has 0 aromatic heterocycles. The van der Waals surface area contributed by atoms with Crippen LogP contribution in [0.1, 0.15) is 33.3 Å². The minimum Gasteiger partial charge on any atom is -0.450 e. The van der Waals surface area contributed by atoms with E-state index in [0.717, 1.165) is 44.0 Å². The summed E-state index contributed by atoms with van der Waals surface area (Å²) in [4.78, 5) is 29.3. The van der Waals surface area contributed by atoms with Gasteiger partial charge in [0, 0.05) is 37.6 Å². The predicted molar refractivity (Wildman–Crippen MR) is 113 cm³/mol. The van der Waals surface area contributed by atoms with Crippen molar-refractivity contribution in [3.63, 3.8) is 0 Å². The van der Waals surface area contributed by atoms with Crippen molar-refractivity contribution < 1.29 is 14.3 Å². The van der Waals surface area contributed by atoms with E-state index in [1.165, 1.54) is 5.69 Å². The van der Waals surface area contributed by atoms with Crippen molar-refractivity contribution in [2.75, 3.05) is 49.5 Å². The average Bonchev–Trinajstić information content (AvgIpc) is 2.67. The molecule has 1 aromatic carbocycles. The Kier molecular flexibility index (Phi) is 8.11. The molecule has 28 heavy (non-hydrogen) atoms. The van der Waals surface area contributed by atoms with Gasteiger partial charge in [-0.05, 0) is 50.1 Å². The highest BCUT2D eigenvalue weighted by Gasteiger charge is 2.25. The fraction of sp³-hybridized carbons (Fsp3) is 0.619. The molecule has 1 aromatic rings. The minimum absolute atomic E-state index is 0.0566. The zero-order chi connectivity index (χ0) is 20.7. The molecule has 0 spiro atoms. The fourth-order valence-electron chi connectivity index (χ4n) is 3.35. The molecule has 1 aliphatic heterocycles. The number of nitrogens with one attached hydrogen (secondary N) is 2. The Morgan fingerprint density at radius 1 is 1.14 bits per heavy atom. The molecule has 1 aliphatic rings. The number of alkyl carbamates (subject to hydrolysis) is 1. The van der Waals surface area contributed by atoms with Crippen LogP contribution in [0, 0.1) is 12.8 Å². The summed E-state index contributed by atoms with van der Waals surface area (Å²) in [7, 11) is 0. The van der Waals surface area contributed by atoms with Gasteiger partial charge < -0.3 is 25.2 Å². The van der Waals surface area contributed by atoms with E-state index in [1.54, 1.807) is 6.92 Å². The van der Waals surface area contributed by atoms with E-state index in [4.69, 9.17) is 4.74 Å². The lowest BCUT2D eigenvalue weighted by Crippen LogP contribution is -2.47. The Labute approximate surface area is 168 Å². The SMILES string of the molecule is CCOC(=O)NC(C(=O)Nc1ccc(N2CCN(CC)CC2)cc1C)C(C)C. The summed E-state index contributed by atoms with van der Waals surface area (Å²) in [6.45, 7) is 15.2. The molecule has 0 aliphatic carbocycles. The van der Waals surface area contributed by atoms with Crippen LogP contribution in [-0.4, -0.2) is 62.3 Å². The standard InChI is InChI=1S/C21H34N4O3/c1-6-24-10-12-25(13-11-24)17-8-9-18(16(5)14-17)22-20(26)19(15(3)4)23-21(27)28-7-2/h8-9,14-15,19H,6-7,10-13H2,1-5H3,(H,22,26)(H,23,27). The van der Waals surface area contributed by atoms with Gasteiger partial charge in [-0.3, -0.25) is 4.79 Å². The highest BCUT2D eigenvalue weighted by molar-refractivity contribution is 5.97. The quantitative estimate of drug-likeness (QED) is 0.749. The molecule has 2 rings (SSSR count). The summed E-state index contributed by atoms with van der Waals surface area (Å²) < 4.78 is 4.91. The molecule has 0 saturated carbocycles. The first-order chi connectivity index (χ1) is 13.3. The molecule has 0 bridgehead atoms. The monoisotopic (exact) mass is 390 g/mol. The molecule has 1 atom stereocenters. The number of amides is 2. The fourth-order valence-corrected chi connectivity index (χ4v) is 3.35. The number of hydrogen-bond donors (Lipinski definition) is 2. The van der Waals surface area contributed by atoms with Crippen molar-refractivity contribution >= 4 is 23.4 Å². The molecule has 1 unspecified atom stereocenters. The highest BCUT2D eigenvalue weighted by Crippen LogP contribution is 2.24. The van der Waals surface area contributed by atoms with Crippen molar-refractivity contribution in [2.24, 2.45) is 5.92 Å². The number of anilines is 2. The lowest BCUT2D eigenvalue weighted by molar-refractivity contribution is -0.119. The second-order valence-electron chi connectivity index (χ2n) is 7.50. The number of benzene rings is 1. The summed E-state index contributed by atoms with van der Waals surface area (Å²) in [6, 6.07) is 5.45. The zero-order valence-corrected chi connectivity index (χ0v) is 17.7. The van der Waals surface area contributed by atoms with Crippen LogP contribution in [-0.2, 0) is 9.53 Å². The third kappa shape index (κ3) is 5.86. The maximum Gasteiger partial charge on any atom is 0.407 e. The van der Waals surface area contributed by atoms with Crippen molar-refractivity contribution in [3.05, 3.63) is 23.8 Å². The summed E-state index contributed by atoms with van der Waals surface area (Å²) >= 11 is 0. The lowest BCUT2D eigenvalue weighted by Gasteiger charge is -2.35. The van der Waals surface area contributed by atoms with E-state index in [1.807, 2.05) is 32.9 Å². The summed E-state index contributed by atoms with van der Waals surface area (Å²) in [5, 5.41) is 5.59. The number of rotatable bonds is 7. The van der Waals surface area contributed by atoms with Gasteiger partial charge in [0.15, 0.2) is 0 Å². The van der Waals surface area contributed by atoms with E-state index >= 15 is 0 Å². The van der Waals surface area contributed by atoms with E-state index in [9.17, 15) is 9.59 Å². The van der Waals surface area contributed by atoms with Gasteiger partial charge in [0.05, 0.1) is 6.61 Å². The topological polar surface area (TPSA) is 73.9 Å². The molecule has 1 fully saturated rings. The number of hydrogen-bond acceptors (Lipinski definition) is 5. The van der Waals surface area contributed by atoms with Crippen LogP contribution in [0.3, 0.4) is 0 Å². The number of carbonyl (C=O) groups is 2. The third-order valence-corrected chi connectivity index (χ3v) is 5.15. The van der Waals surface area contributed by atoms with Gasteiger partial charge in [0.1, 0.15) is 6.04 Å². The second kappa shape index (κ2) is 10.3. The van der Waals surface area contributed by atoms with Gasteiger partial charge in [-0.2, -0.15) is 0 Å². The van der Waals surface area contributed by atoms with Crippen molar-refractivity contribution in [3.8, 4) is 0 Å². The van der Waals surface area contributed by atoms with Gasteiger partial charge in [0.25, 0.3) is 0 Å². The molecule has 7 nitrogen and oxygen atoms in total. The number of aryl methyl sites for hydroxylation is 1. The van der Waals surface area contributed by atoms with E-state index < -0.39 is 12.1 Å². The highest BCUT2D eigenvalue weighted by atomic mass is 16.5. The maximum absolute atomic E-state index is 12.7. The Balaban J connectivity index is 2.03. The number of nitrogens with zero attached hydrogens (tertiary/aromatic N) is 2. The Morgan fingerprint density at radius 3 is 2.36 bits per heavy atom. The molecule has 7 heteroatoms. The molecule has 156 valence electrons. The molecular weight excluding hydrogens is 356 g/mol. The minimum atomic E-state index is -0.653. The third-order valence-electron chi connectivity index (χ3n) is 5.15. The lowest BCUT2D eigenvalue weighted by atomic mass is 10.0. The van der Waals surface area contributed by atoms with Crippen molar-refractivity contribution in [2.45, 2.75) is 40.7 Å². The maximum atomic E-state index is 12.7. The Bertz CT molecular complexity index is 670. The number of carbonyl (C=O) groups excluding carboxylic acids is 2. The first kappa shape index (κ1) is 22.0. The van der Waals surface area contributed by atoms with E-state index in [0.29, 0.717) is 0 Å². The number of piperazine rings is 1. The normalized spacial score (nSPS) is 16.0. The van der Waals surface area contributed by atoms with Crippen molar-refractivity contribution in [1.82, 2.24) is 10.2 Å². The summed E-state index contributed by atoms with van der Waals surface area (Å²) in [5.41, 5.74) is 2.94. The van der Waals surface area contributed by atoms with Crippen molar-refractivity contribution in [1.29, 1.82) is 0 Å². The number of likely N-dealkylation sites (N-methyl/N-ethyl adjacent to an activating group) is 1. The molecule has 1 heterocycles. The first-order valence-electron chi connectivity index (χ1n) is 10.2. The average molecular weight is 391 g/mol. The van der Waals surface area contributed by atoms with Crippen LogP contribution in [0.5, 0.6) is 0 Å². The van der Waals surface area contributed by atoms with Gasteiger partial charge in [-0.1, -0.05) is 20.8 Å². The van der Waals surface area contributed by atoms with E-state index in [-0.39, 0.29) is 18.4 Å². The summed E-state index contributed by atoms with van der Waals surface area (Å²) in [5.74, 6) is -0.297. The molecule has 2 N–H and O–H groups in total. The molecule has 1 saturated heterocycles. The molecule has 0 radical (unpaired) electrons. The van der Waals surface area contributed by atoms with Crippen LogP contribution in [0.25, 0.3) is 0 Å².